The molecule has 0 radical (unpaired) electrons. The van der Waals surface area contributed by atoms with Crippen LogP contribution < -0.4 is 0 Å². The van der Waals surface area contributed by atoms with Crippen LogP contribution in [0.2, 0.25) is 0 Å². The maximum Gasteiger partial charge on any atom is 0.126 e. The molecule has 0 aromatic heterocycles. The van der Waals surface area contributed by atoms with Crippen LogP contribution in [-0.4, -0.2) is 5.11 Å². The molecule has 0 fully saturated rings. The summed E-state index contributed by atoms with van der Waals surface area (Å²) >= 11 is 0. The Morgan fingerprint density at radius 2 is 1.53 bits per heavy atom. The molecule has 1 nitrogen and oxygen atoms in total. The number of aliphatic hydroxyl groups excluding tert-OH is 1. The third-order valence-corrected chi connectivity index (χ3v) is 3.12. The zero-order valence-corrected chi connectivity index (χ0v) is 10.7. The molecule has 2 aromatic carbocycles. The highest BCUT2D eigenvalue weighted by atomic mass is 19.1. The van der Waals surface area contributed by atoms with E-state index in [-0.39, 0.29) is 6.42 Å². The summed E-state index contributed by atoms with van der Waals surface area (Å²) in [6, 6.07) is 10.9. The lowest BCUT2D eigenvalue weighted by molar-refractivity contribution is 0.178. The van der Waals surface area contributed by atoms with Crippen LogP contribution in [0.4, 0.5) is 8.78 Å². The summed E-state index contributed by atoms with van der Waals surface area (Å²) in [5.74, 6) is -1.24. The minimum absolute atomic E-state index is 0.195. The zero-order chi connectivity index (χ0) is 13.8. The molecular weight excluding hydrogens is 246 g/mol. The van der Waals surface area contributed by atoms with Crippen molar-refractivity contribution < 1.29 is 13.9 Å². The van der Waals surface area contributed by atoms with Crippen LogP contribution in [0.25, 0.3) is 0 Å². The number of halogens is 2. The molecule has 2 rings (SSSR count). The molecule has 0 spiro atoms. The second-order valence-electron chi connectivity index (χ2n) is 4.59. The van der Waals surface area contributed by atoms with Crippen molar-refractivity contribution in [3.05, 3.63) is 70.8 Å². The first-order valence-electron chi connectivity index (χ1n) is 6.30. The average Bonchev–Trinajstić information content (AvgIpc) is 2.37. The summed E-state index contributed by atoms with van der Waals surface area (Å²) in [4.78, 5) is 0. The molecule has 0 aliphatic rings. The van der Waals surface area contributed by atoms with Crippen LogP contribution in [0.5, 0.6) is 0 Å². The Balaban J connectivity index is 2.13. The number of benzene rings is 2. The van der Waals surface area contributed by atoms with Gasteiger partial charge in [-0.05, 0) is 35.2 Å². The van der Waals surface area contributed by atoms with Gasteiger partial charge in [-0.25, -0.2) is 8.78 Å². The number of hydrogen-bond donors (Lipinski definition) is 1. The Kier molecular flexibility index (Phi) is 4.27. The standard InChI is InChI=1S/C16H16F2O/c1-2-11-3-5-13(6-4-11)16(19)9-12-7-14(17)10-15(18)8-12/h3-8,10,16,19H,2,9H2,1H3. The van der Waals surface area contributed by atoms with Gasteiger partial charge in [0.2, 0.25) is 0 Å². The predicted molar refractivity (Wildman–Crippen MR) is 70.8 cm³/mol. The fourth-order valence-corrected chi connectivity index (χ4v) is 2.05. The highest BCUT2D eigenvalue weighted by Crippen LogP contribution is 2.20. The van der Waals surface area contributed by atoms with E-state index in [1.54, 1.807) is 0 Å². The van der Waals surface area contributed by atoms with E-state index in [4.69, 9.17) is 0 Å². The van der Waals surface area contributed by atoms with E-state index in [2.05, 4.69) is 6.92 Å². The van der Waals surface area contributed by atoms with Gasteiger partial charge in [0.05, 0.1) is 6.10 Å². The molecule has 3 heteroatoms. The molecule has 19 heavy (non-hydrogen) atoms. The monoisotopic (exact) mass is 262 g/mol. The molecule has 0 aliphatic heterocycles. The SMILES string of the molecule is CCc1ccc(C(O)Cc2cc(F)cc(F)c2)cc1. The smallest absolute Gasteiger partial charge is 0.126 e. The van der Waals surface area contributed by atoms with Crippen LogP contribution in [0.15, 0.2) is 42.5 Å². The van der Waals surface area contributed by atoms with E-state index in [0.717, 1.165) is 18.1 Å². The fourth-order valence-electron chi connectivity index (χ4n) is 2.05. The molecule has 0 bridgehead atoms. The van der Waals surface area contributed by atoms with E-state index >= 15 is 0 Å². The molecule has 1 N–H and O–H groups in total. The van der Waals surface area contributed by atoms with Gasteiger partial charge in [0, 0.05) is 12.5 Å². The van der Waals surface area contributed by atoms with Crippen molar-refractivity contribution in [2.45, 2.75) is 25.9 Å². The Labute approximate surface area is 111 Å². The van der Waals surface area contributed by atoms with Crippen molar-refractivity contribution in [1.82, 2.24) is 0 Å². The molecule has 100 valence electrons. The first kappa shape index (κ1) is 13.7. The van der Waals surface area contributed by atoms with Gasteiger partial charge in [-0.3, -0.25) is 0 Å². The lowest BCUT2D eigenvalue weighted by Crippen LogP contribution is -2.02. The number of rotatable bonds is 4. The van der Waals surface area contributed by atoms with Crippen molar-refractivity contribution in [1.29, 1.82) is 0 Å². The molecule has 0 saturated heterocycles. The molecule has 0 aliphatic carbocycles. The van der Waals surface area contributed by atoms with Crippen molar-refractivity contribution in [3.63, 3.8) is 0 Å². The number of hydrogen-bond acceptors (Lipinski definition) is 1. The summed E-state index contributed by atoms with van der Waals surface area (Å²) < 4.78 is 26.1. The van der Waals surface area contributed by atoms with Gasteiger partial charge in [-0.2, -0.15) is 0 Å². The van der Waals surface area contributed by atoms with E-state index in [9.17, 15) is 13.9 Å². The molecule has 0 heterocycles. The van der Waals surface area contributed by atoms with Gasteiger partial charge >= 0.3 is 0 Å². The van der Waals surface area contributed by atoms with Gasteiger partial charge in [-0.15, -0.1) is 0 Å². The van der Waals surface area contributed by atoms with Crippen molar-refractivity contribution >= 4 is 0 Å². The highest BCUT2D eigenvalue weighted by Gasteiger charge is 2.10. The third-order valence-electron chi connectivity index (χ3n) is 3.12. The Bertz CT molecular complexity index is 529. The van der Waals surface area contributed by atoms with Crippen LogP contribution >= 0.6 is 0 Å². The number of aryl methyl sites for hydroxylation is 1. The van der Waals surface area contributed by atoms with Gasteiger partial charge in [-0.1, -0.05) is 31.2 Å². The summed E-state index contributed by atoms with van der Waals surface area (Å²) in [5, 5.41) is 10.1. The van der Waals surface area contributed by atoms with Crippen molar-refractivity contribution in [2.24, 2.45) is 0 Å². The molecule has 0 amide bonds. The van der Waals surface area contributed by atoms with E-state index in [0.29, 0.717) is 5.56 Å². The summed E-state index contributed by atoms with van der Waals surface area (Å²) in [5.41, 5.74) is 2.39. The first-order chi connectivity index (χ1) is 9.08. The topological polar surface area (TPSA) is 20.2 Å². The average molecular weight is 262 g/mol. The van der Waals surface area contributed by atoms with E-state index in [1.807, 2.05) is 24.3 Å². The minimum Gasteiger partial charge on any atom is -0.388 e. The second kappa shape index (κ2) is 5.93. The molecule has 0 saturated carbocycles. The minimum atomic E-state index is -0.757. The summed E-state index contributed by atoms with van der Waals surface area (Å²) in [7, 11) is 0. The maximum atomic E-state index is 13.1. The lowest BCUT2D eigenvalue weighted by atomic mass is 10.00. The maximum absolute atomic E-state index is 13.1. The Hall–Kier alpha value is -1.74. The van der Waals surface area contributed by atoms with Crippen LogP contribution in [-0.2, 0) is 12.8 Å². The largest absolute Gasteiger partial charge is 0.388 e. The first-order valence-corrected chi connectivity index (χ1v) is 6.30. The summed E-state index contributed by atoms with van der Waals surface area (Å²) in [6.45, 7) is 2.06. The third kappa shape index (κ3) is 3.61. The quantitative estimate of drug-likeness (QED) is 0.888. The van der Waals surface area contributed by atoms with Crippen LogP contribution in [0.3, 0.4) is 0 Å². The highest BCUT2D eigenvalue weighted by molar-refractivity contribution is 5.26. The van der Waals surface area contributed by atoms with Gasteiger partial charge in [0.25, 0.3) is 0 Å². The fraction of sp³-hybridized carbons (Fsp3) is 0.250. The summed E-state index contributed by atoms with van der Waals surface area (Å²) in [6.07, 6.45) is 0.373. The Morgan fingerprint density at radius 1 is 0.947 bits per heavy atom. The normalized spacial score (nSPS) is 12.4. The van der Waals surface area contributed by atoms with Crippen LogP contribution in [0.1, 0.15) is 29.7 Å². The van der Waals surface area contributed by atoms with E-state index in [1.165, 1.54) is 17.7 Å². The zero-order valence-electron chi connectivity index (χ0n) is 10.7. The Morgan fingerprint density at radius 3 is 2.05 bits per heavy atom. The lowest BCUT2D eigenvalue weighted by Gasteiger charge is -2.12. The second-order valence-corrected chi connectivity index (χ2v) is 4.59. The van der Waals surface area contributed by atoms with Gasteiger partial charge in [0.15, 0.2) is 0 Å². The van der Waals surface area contributed by atoms with Crippen LogP contribution in [0, 0.1) is 11.6 Å². The molecule has 2 aromatic rings. The molecule has 1 unspecified atom stereocenters. The van der Waals surface area contributed by atoms with Gasteiger partial charge in [0.1, 0.15) is 11.6 Å². The van der Waals surface area contributed by atoms with Crippen molar-refractivity contribution in [2.75, 3.05) is 0 Å². The van der Waals surface area contributed by atoms with Gasteiger partial charge < -0.3 is 5.11 Å². The number of aliphatic hydroxyl groups is 1. The predicted octanol–water partition coefficient (Wildman–Crippen LogP) is 3.80. The van der Waals surface area contributed by atoms with Crippen molar-refractivity contribution in [3.8, 4) is 0 Å². The molecular formula is C16H16F2O. The van der Waals surface area contributed by atoms with E-state index < -0.39 is 17.7 Å². The molecule has 1 atom stereocenters.